The number of carbonyl (C=O) groups is 1. The van der Waals surface area contributed by atoms with Crippen LogP contribution in [0.4, 0.5) is 10.6 Å². The summed E-state index contributed by atoms with van der Waals surface area (Å²) in [4.78, 5) is 16.5. The lowest BCUT2D eigenvalue weighted by atomic mass is 10.1. The molecule has 0 spiro atoms. The second kappa shape index (κ2) is 6.80. The lowest BCUT2D eigenvalue weighted by molar-refractivity contribution is 0.167. The molecular formula is C18H20N4O3. The predicted molar refractivity (Wildman–Crippen MR) is 95.5 cm³/mol. The molecule has 7 heteroatoms. The largest absolute Gasteiger partial charge is 0.494 e. The molecule has 0 aliphatic heterocycles. The summed E-state index contributed by atoms with van der Waals surface area (Å²) in [6.45, 7) is 5.90. The molecule has 2 aromatic heterocycles. The summed E-state index contributed by atoms with van der Waals surface area (Å²) in [6, 6.07) is 9.48. The SMILES string of the molecule is CCOC(=O)Nc1cc(C)nn1-c1cc(C)c2cccc(OC)c2n1. The third-order valence-corrected chi connectivity index (χ3v) is 3.77. The van der Waals surface area contributed by atoms with Crippen LogP contribution in [0.15, 0.2) is 30.3 Å². The van der Waals surface area contributed by atoms with Gasteiger partial charge in [0, 0.05) is 11.5 Å². The summed E-state index contributed by atoms with van der Waals surface area (Å²) in [5.74, 6) is 1.78. The van der Waals surface area contributed by atoms with Gasteiger partial charge in [0.25, 0.3) is 0 Å². The van der Waals surface area contributed by atoms with Crippen LogP contribution < -0.4 is 10.1 Å². The molecule has 0 fully saturated rings. The van der Waals surface area contributed by atoms with Gasteiger partial charge in [0.15, 0.2) is 5.82 Å². The number of aromatic nitrogens is 3. The number of carbonyl (C=O) groups excluding carboxylic acids is 1. The number of rotatable bonds is 4. The van der Waals surface area contributed by atoms with Crippen molar-refractivity contribution in [1.82, 2.24) is 14.8 Å². The fourth-order valence-corrected chi connectivity index (χ4v) is 2.68. The second-order valence-electron chi connectivity index (χ2n) is 5.58. The fraction of sp³-hybridized carbons (Fsp3) is 0.278. The Morgan fingerprint density at radius 2 is 2.08 bits per heavy atom. The smallest absolute Gasteiger partial charge is 0.412 e. The van der Waals surface area contributed by atoms with Crippen LogP contribution in [-0.4, -0.2) is 34.6 Å². The molecule has 0 bridgehead atoms. The average Bonchev–Trinajstić information content (AvgIpc) is 2.94. The minimum absolute atomic E-state index is 0.295. The third-order valence-electron chi connectivity index (χ3n) is 3.77. The number of benzene rings is 1. The van der Waals surface area contributed by atoms with E-state index in [0.29, 0.717) is 24.0 Å². The average molecular weight is 340 g/mol. The van der Waals surface area contributed by atoms with Crippen molar-refractivity contribution < 1.29 is 14.3 Å². The Morgan fingerprint density at radius 3 is 2.80 bits per heavy atom. The van der Waals surface area contributed by atoms with Crippen molar-refractivity contribution in [2.24, 2.45) is 0 Å². The molecule has 0 atom stereocenters. The molecule has 0 saturated heterocycles. The van der Waals surface area contributed by atoms with Gasteiger partial charge in [-0.2, -0.15) is 9.78 Å². The zero-order valence-corrected chi connectivity index (χ0v) is 14.7. The molecule has 2 heterocycles. The maximum absolute atomic E-state index is 11.8. The summed E-state index contributed by atoms with van der Waals surface area (Å²) >= 11 is 0. The Morgan fingerprint density at radius 1 is 1.28 bits per heavy atom. The van der Waals surface area contributed by atoms with Gasteiger partial charge in [0.2, 0.25) is 0 Å². The number of amides is 1. The molecule has 7 nitrogen and oxygen atoms in total. The molecule has 0 aliphatic carbocycles. The van der Waals surface area contributed by atoms with E-state index in [1.807, 2.05) is 38.1 Å². The van der Waals surface area contributed by atoms with E-state index in [0.717, 1.165) is 22.2 Å². The quantitative estimate of drug-likeness (QED) is 0.785. The number of pyridine rings is 1. The number of hydrogen-bond acceptors (Lipinski definition) is 5. The fourth-order valence-electron chi connectivity index (χ4n) is 2.68. The summed E-state index contributed by atoms with van der Waals surface area (Å²) in [7, 11) is 1.62. The number of aryl methyl sites for hydroxylation is 2. The van der Waals surface area contributed by atoms with Crippen LogP contribution in [0.2, 0.25) is 0 Å². The number of para-hydroxylation sites is 1. The van der Waals surface area contributed by atoms with Crippen molar-refractivity contribution in [1.29, 1.82) is 0 Å². The topological polar surface area (TPSA) is 78.3 Å². The molecule has 1 aromatic carbocycles. The van der Waals surface area contributed by atoms with E-state index in [4.69, 9.17) is 9.47 Å². The number of fused-ring (bicyclic) bond motifs is 1. The molecule has 1 amide bonds. The van der Waals surface area contributed by atoms with Crippen molar-refractivity contribution in [2.45, 2.75) is 20.8 Å². The van der Waals surface area contributed by atoms with Crippen molar-refractivity contribution in [3.05, 3.63) is 41.6 Å². The van der Waals surface area contributed by atoms with Gasteiger partial charge in [0.1, 0.15) is 17.1 Å². The first kappa shape index (κ1) is 16.8. The van der Waals surface area contributed by atoms with E-state index >= 15 is 0 Å². The first-order chi connectivity index (χ1) is 12.0. The monoisotopic (exact) mass is 340 g/mol. The number of hydrogen-bond donors (Lipinski definition) is 1. The van der Waals surface area contributed by atoms with Gasteiger partial charge in [-0.15, -0.1) is 0 Å². The maximum atomic E-state index is 11.8. The summed E-state index contributed by atoms with van der Waals surface area (Å²) in [6.07, 6.45) is -0.529. The Balaban J connectivity index is 2.12. The standard InChI is InChI=1S/C18H20N4O3/c1-5-25-18(23)20-16-10-12(3)21-22(16)15-9-11(2)13-7-6-8-14(24-4)17(13)19-15/h6-10H,5H2,1-4H3,(H,20,23). The molecule has 25 heavy (non-hydrogen) atoms. The highest BCUT2D eigenvalue weighted by Crippen LogP contribution is 2.28. The van der Waals surface area contributed by atoms with E-state index in [1.165, 1.54) is 0 Å². The highest BCUT2D eigenvalue weighted by atomic mass is 16.5. The number of methoxy groups -OCH3 is 1. The maximum Gasteiger partial charge on any atom is 0.412 e. The van der Waals surface area contributed by atoms with Crippen LogP contribution in [-0.2, 0) is 4.74 Å². The van der Waals surface area contributed by atoms with Crippen LogP contribution in [0.3, 0.4) is 0 Å². The van der Waals surface area contributed by atoms with Crippen LogP contribution in [0, 0.1) is 13.8 Å². The molecule has 0 unspecified atom stereocenters. The normalized spacial score (nSPS) is 10.7. The Bertz CT molecular complexity index is 933. The molecule has 0 saturated carbocycles. The Kier molecular flexibility index (Phi) is 4.56. The van der Waals surface area contributed by atoms with Crippen LogP contribution in [0.1, 0.15) is 18.2 Å². The minimum Gasteiger partial charge on any atom is -0.494 e. The number of ether oxygens (including phenoxy) is 2. The molecular weight excluding hydrogens is 320 g/mol. The van der Waals surface area contributed by atoms with Crippen LogP contribution in [0.25, 0.3) is 16.7 Å². The summed E-state index contributed by atoms with van der Waals surface area (Å²) in [5.41, 5.74) is 2.54. The molecule has 0 radical (unpaired) electrons. The minimum atomic E-state index is -0.529. The van der Waals surface area contributed by atoms with Gasteiger partial charge in [-0.1, -0.05) is 12.1 Å². The van der Waals surface area contributed by atoms with Crippen molar-refractivity contribution >= 4 is 22.8 Å². The van der Waals surface area contributed by atoms with Gasteiger partial charge in [-0.3, -0.25) is 5.32 Å². The third kappa shape index (κ3) is 3.26. The molecule has 3 aromatic rings. The van der Waals surface area contributed by atoms with Crippen molar-refractivity contribution in [2.75, 3.05) is 19.0 Å². The van der Waals surface area contributed by atoms with Crippen LogP contribution in [0.5, 0.6) is 5.75 Å². The number of nitrogens with one attached hydrogen (secondary N) is 1. The van der Waals surface area contributed by atoms with Gasteiger partial charge in [0.05, 0.1) is 19.4 Å². The van der Waals surface area contributed by atoms with Gasteiger partial charge in [-0.05, 0) is 38.5 Å². The molecule has 1 N–H and O–H groups in total. The molecule has 0 aliphatic rings. The predicted octanol–water partition coefficient (Wildman–Crippen LogP) is 3.61. The van der Waals surface area contributed by atoms with E-state index in [-0.39, 0.29) is 0 Å². The lowest BCUT2D eigenvalue weighted by Gasteiger charge is -2.12. The zero-order chi connectivity index (χ0) is 18.0. The summed E-state index contributed by atoms with van der Waals surface area (Å²) < 4.78 is 12.0. The Labute approximate surface area is 145 Å². The number of nitrogens with zero attached hydrogens (tertiary/aromatic N) is 3. The van der Waals surface area contributed by atoms with E-state index < -0.39 is 6.09 Å². The number of anilines is 1. The highest BCUT2D eigenvalue weighted by Gasteiger charge is 2.15. The first-order valence-corrected chi connectivity index (χ1v) is 7.98. The van der Waals surface area contributed by atoms with Crippen molar-refractivity contribution in [3.63, 3.8) is 0 Å². The second-order valence-corrected chi connectivity index (χ2v) is 5.58. The van der Waals surface area contributed by atoms with E-state index in [1.54, 1.807) is 24.8 Å². The summed E-state index contributed by atoms with van der Waals surface area (Å²) in [5, 5.41) is 8.14. The van der Waals surface area contributed by atoms with Crippen LogP contribution >= 0.6 is 0 Å². The van der Waals surface area contributed by atoms with Gasteiger partial charge >= 0.3 is 6.09 Å². The molecule has 130 valence electrons. The molecule has 3 rings (SSSR count). The van der Waals surface area contributed by atoms with Gasteiger partial charge < -0.3 is 9.47 Å². The zero-order valence-electron chi connectivity index (χ0n) is 14.7. The van der Waals surface area contributed by atoms with E-state index in [9.17, 15) is 4.79 Å². The van der Waals surface area contributed by atoms with Gasteiger partial charge in [-0.25, -0.2) is 9.78 Å². The Hall–Kier alpha value is -3.09. The van der Waals surface area contributed by atoms with Crippen molar-refractivity contribution in [3.8, 4) is 11.6 Å². The van der Waals surface area contributed by atoms with E-state index in [2.05, 4.69) is 15.4 Å². The highest BCUT2D eigenvalue weighted by molar-refractivity contribution is 5.88. The first-order valence-electron chi connectivity index (χ1n) is 7.98. The lowest BCUT2D eigenvalue weighted by Crippen LogP contribution is -2.16.